The molecule has 28 heavy (non-hydrogen) atoms. The summed E-state index contributed by atoms with van der Waals surface area (Å²) in [6.07, 6.45) is 3.24. The van der Waals surface area contributed by atoms with E-state index in [2.05, 4.69) is 12.2 Å². The Morgan fingerprint density at radius 1 is 1.04 bits per heavy atom. The van der Waals surface area contributed by atoms with Gasteiger partial charge in [0, 0.05) is 13.1 Å². The standard InChI is InChI=1S/C22H28N2O3S/c1-2-3-16-23-22(25)19-14-15-21(18-10-6-4-7-11-18)24(17-19)28(26,27)20-12-8-5-9-13-20/h4-13,19,21H,2-3,14-17H2,1H3,(H,23,25). The van der Waals surface area contributed by atoms with E-state index in [9.17, 15) is 13.2 Å². The average Bonchev–Trinajstić information content (AvgIpc) is 2.74. The van der Waals surface area contributed by atoms with Crippen LogP contribution in [0.25, 0.3) is 0 Å². The smallest absolute Gasteiger partial charge is 0.243 e. The van der Waals surface area contributed by atoms with Crippen molar-refractivity contribution in [1.29, 1.82) is 0 Å². The largest absolute Gasteiger partial charge is 0.356 e. The monoisotopic (exact) mass is 400 g/mol. The number of hydrogen-bond donors (Lipinski definition) is 1. The van der Waals surface area contributed by atoms with Gasteiger partial charge < -0.3 is 5.32 Å². The number of benzene rings is 2. The number of nitrogens with one attached hydrogen (secondary N) is 1. The Morgan fingerprint density at radius 2 is 1.68 bits per heavy atom. The van der Waals surface area contributed by atoms with Gasteiger partial charge in [0.2, 0.25) is 15.9 Å². The maximum absolute atomic E-state index is 13.4. The molecule has 0 spiro atoms. The van der Waals surface area contributed by atoms with Crippen LogP contribution in [-0.2, 0) is 14.8 Å². The topological polar surface area (TPSA) is 66.5 Å². The molecule has 150 valence electrons. The van der Waals surface area contributed by atoms with E-state index in [1.165, 1.54) is 4.31 Å². The van der Waals surface area contributed by atoms with Gasteiger partial charge in [-0.3, -0.25) is 4.79 Å². The van der Waals surface area contributed by atoms with E-state index < -0.39 is 10.0 Å². The van der Waals surface area contributed by atoms with E-state index in [1.54, 1.807) is 30.3 Å². The molecule has 0 aliphatic carbocycles. The summed E-state index contributed by atoms with van der Waals surface area (Å²) in [7, 11) is -3.70. The van der Waals surface area contributed by atoms with Gasteiger partial charge in [0.1, 0.15) is 0 Å². The van der Waals surface area contributed by atoms with Crippen molar-refractivity contribution in [2.75, 3.05) is 13.1 Å². The van der Waals surface area contributed by atoms with E-state index in [-0.39, 0.29) is 29.3 Å². The van der Waals surface area contributed by atoms with Gasteiger partial charge in [-0.05, 0) is 37.0 Å². The molecule has 2 unspecified atom stereocenters. The summed E-state index contributed by atoms with van der Waals surface area (Å²) in [5.74, 6) is -0.372. The Balaban J connectivity index is 1.88. The van der Waals surface area contributed by atoms with Gasteiger partial charge in [0.25, 0.3) is 0 Å². The highest BCUT2D eigenvalue weighted by atomic mass is 32.2. The van der Waals surface area contributed by atoms with Crippen LogP contribution >= 0.6 is 0 Å². The minimum atomic E-state index is -3.70. The molecule has 1 saturated heterocycles. The fourth-order valence-corrected chi connectivity index (χ4v) is 5.40. The quantitative estimate of drug-likeness (QED) is 0.720. The van der Waals surface area contributed by atoms with Crippen LogP contribution in [0, 0.1) is 5.92 Å². The lowest BCUT2D eigenvalue weighted by molar-refractivity contribution is -0.126. The van der Waals surface area contributed by atoms with Gasteiger partial charge in [-0.1, -0.05) is 61.9 Å². The van der Waals surface area contributed by atoms with Crippen molar-refractivity contribution in [3.8, 4) is 0 Å². The van der Waals surface area contributed by atoms with E-state index >= 15 is 0 Å². The number of hydrogen-bond acceptors (Lipinski definition) is 3. The Kier molecular flexibility index (Phi) is 6.86. The molecule has 0 saturated carbocycles. The number of rotatable bonds is 7. The van der Waals surface area contributed by atoms with E-state index in [0.717, 1.165) is 18.4 Å². The summed E-state index contributed by atoms with van der Waals surface area (Å²) in [5, 5.41) is 2.96. The van der Waals surface area contributed by atoms with Gasteiger partial charge in [-0.2, -0.15) is 4.31 Å². The van der Waals surface area contributed by atoms with E-state index in [4.69, 9.17) is 0 Å². The lowest BCUT2D eigenvalue weighted by Gasteiger charge is -2.38. The first kappa shape index (κ1) is 20.6. The molecule has 0 bridgehead atoms. The third-order valence-electron chi connectivity index (χ3n) is 5.27. The van der Waals surface area contributed by atoms with Crippen LogP contribution in [0.1, 0.15) is 44.2 Å². The number of unbranched alkanes of at least 4 members (excludes halogenated alkanes) is 1. The highest BCUT2D eigenvalue weighted by molar-refractivity contribution is 7.89. The molecular weight excluding hydrogens is 372 g/mol. The number of amides is 1. The molecule has 2 atom stereocenters. The zero-order valence-corrected chi connectivity index (χ0v) is 17.1. The number of piperidine rings is 1. The van der Waals surface area contributed by atoms with Crippen LogP contribution in [0.3, 0.4) is 0 Å². The number of carbonyl (C=O) groups is 1. The fraction of sp³-hybridized carbons (Fsp3) is 0.409. The highest BCUT2D eigenvalue weighted by Crippen LogP contribution is 2.37. The molecule has 1 heterocycles. The molecule has 1 aliphatic rings. The van der Waals surface area contributed by atoms with Gasteiger partial charge in [-0.25, -0.2) is 8.42 Å². The molecule has 2 aromatic carbocycles. The normalized spacial score (nSPS) is 20.6. The molecule has 3 rings (SSSR count). The van der Waals surface area contributed by atoms with Gasteiger partial charge in [0.05, 0.1) is 16.9 Å². The number of nitrogens with zero attached hydrogens (tertiary/aromatic N) is 1. The van der Waals surface area contributed by atoms with Crippen molar-refractivity contribution in [3.05, 3.63) is 66.2 Å². The van der Waals surface area contributed by atoms with Gasteiger partial charge in [-0.15, -0.1) is 0 Å². The number of sulfonamides is 1. The van der Waals surface area contributed by atoms with Crippen molar-refractivity contribution in [2.45, 2.75) is 43.5 Å². The number of carbonyl (C=O) groups excluding carboxylic acids is 1. The summed E-state index contributed by atoms with van der Waals surface area (Å²) in [5.41, 5.74) is 0.965. The minimum Gasteiger partial charge on any atom is -0.356 e. The third kappa shape index (κ3) is 4.62. The predicted octanol–water partition coefficient (Wildman–Crippen LogP) is 3.74. The predicted molar refractivity (Wildman–Crippen MR) is 110 cm³/mol. The fourth-order valence-electron chi connectivity index (χ4n) is 3.69. The molecule has 0 aromatic heterocycles. The first-order valence-corrected chi connectivity index (χ1v) is 11.4. The summed E-state index contributed by atoms with van der Waals surface area (Å²) < 4.78 is 28.3. The maximum atomic E-state index is 13.4. The molecular formula is C22H28N2O3S. The lowest BCUT2D eigenvalue weighted by atomic mass is 9.90. The molecule has 5 nitrogen and oxygen atoms in total. The second-order valence-corrected chi connectivity index (χ2v) is 9.12. The summed E-state index contributed by atoms with van der Waals surface area (Å²) in [6, 6.07) is 17.9. The molecule has 6 heteroatoms. The van der Waals surface area contributed by atoms with Crippen molar-refractivity contribution in [1.82, 2.24) is 9.62 Å². The third-order valence-corrected chi connectivity index (χ3v) is 7.16. The Labute approximate surface area is 167 Å². The summed E-state index contributed by atoms with van der Waals surface area (Å²) in [6.45, 7) is 2.92. The molecule has 2 aromatic rings. The summed E-state index contributed by atoms with van der Waals surface area (Å²) in [4.78, 5) is 12.9. The van der Waals surface area contributed by atoms with Crippen molar-refractivity contribution >= 4 is 15.9 Å². The van der Waals surface area contributed by atoms with E-state index in [1.807, 2.05) is 30.3 Å². The van der Waals surface area contributed by atoms with Crippen LogP contribution in [0.2, 0.25) is 0 Å². The second-order valence-electron chi connectivity index (χ2n) is 7.23. The molecule has 1 amide bonds. The van der Waals surface area contributed by atoms with Crippen molar-refractivity contribution in [3.63, 3.8) is 0 Å². The Hall–Kier alpha value is -2.18. The highest BCUT2D eigenvalue weighted by Gasteiger charge is 2.39. The molecule has 0 radical (unpaired) electrons. The lowest BCUT2D eigenvalue weighted by Crippen LogP contribution is -2.47. The molecule has 1 N–H and O–H groups in total. The van der Waals surface area contributed by atoms with Crippen LogP contribution in [-0.4, -0.2) is 31.7 Å². The zero-order valence-electron chi connectivity index (χ0n) is 16.3. The van der Waals surface area contributed by atoms with Crippen LogP contribution in [0.5, 0.6) is 0 Å². The average molecular weight is 401 g/mol. The van der Waals surface area contributed by atoms with Crippen LogP contribution < -0.4 is 5.32 Å². The first-order valence-electron chi connectivity index (χ1n) is 9.93. The second kappa shape index (κ2) is 9.34. The van der Waals surface area contributed by atoms with E-state index in [0.29, 0.717) is 19.4 Å². The first-order chi connectivity index (χ1) is 13.5. The molecule has 1 aliphatic heterocycles. The minimum absolute atomic E-state index is 0.0479. The van der Waals surface area contributed by atoms with Crippen molar-refractivity contribution < 1.29 is 13.2 Å². The van der Waals surface area contributed by atoms with Crippen molar-refractivity contribution in [2.24, 2.45) is 5.92 Å². The van der Waals surface area contributed by atoms with Crippen LogP contribution in [0.15, 0.2) is 65.6 Å². The SMILES string of the molecule is CCCCNC(=O)C1CCC(c2ccccc2)N(S(=O)(=O)c2ccccc2)C1. The maximum Gasteiger partial charge on any atom is 0.243 e. The van der Waals surface area contributed by atoms with Gasteiger partial charge in [0.15, 0.2) is 0 Å². The Bertz CT molecular complexity index is 869. The zero-order chi connectivity index (χ0) is 20.0. The molecule has 1 fully saturated rings. The van der Waals surface area contributed by atoms with Gasteiger partial charge >= 0.3 is 0 Å². The Morgan fingerprint density at radius 3 is 2.32 bits per heavy atom. The summed E-state index contributed by atoms with van der Waals surface area (Å²) >= 11 is 0. The van der Waals surface area contributed by atoms with Crippen LogP contribution in [0.4, 0.5) is 0 Å².